The van der Waals surface area contributed by atoms with E-state index in [9.17, 15) is 0 Å². The summed E-state index contributed by atoms with van der Waals surface area (Å²) in [5, 5.41) is 0. The van der Waals surface area contributed by atoms with Crippen LogP contribution in [0.5, 0.6) is 0 Å². The van der Waals surface area contributed by atoms with Crippen LogP contribution in [0.25, 0.3) is 0 Å². The fourth-order valence-electron chi connectivity index (χ4n) is 0. The van der Waals surface area contributed by atoms with Crippen molar-refractivity contribution in [3.05, 3.63) is 0 Å². The minimum Gasteiger partial charge on any atom is 0 e. The predicted octanol–water partition coefficient (Wildman–Crippen LogP) is -0.383. The average molecular weight is 352 g/mol. The largest absolute Gasteiger partial charge is 0 e. The summed E-state index contributed by atoms with van der Waals surface area (Å²) in [5.41, 5.74) is 0. The van der Waals surface area contributed by atoms with Crippen LogP contribution < -0.4 is 0 Å². The van der Waals surface area contributed by atoms with Crippen molar-refractivity contribution < 1.29 is 99.2 Å². The van der Waals surface area contributed by atoms with Gasteiger partial charge in [-0.25, -0.2) is 0 Å². The molecule has 18 valence electrons. The summed E-state index contributed by atoms with van der Waals surface area (Å²) in [7, 11) is 0. The fourth-order valence-corrected chi connectivity index (χ4v) is 0. The SMILES string of the molecule is [B].[Fe].[Nd].[Pr]. The third kappa shape index (κ3) is 9.00. The molecule has 0 aromatic heterocycles. The minimum absolute atomic E-state index is 0. The molecule has 0 aromatic carbocycles. The van der Waals surface area contributed by atoms with Crippen molar-refractivity contribution >= 4 is 8.41 Å². The first kappa shape index (κ1) is 26.6. The first-order chi connectivity index (χ1) is 0. The van der Waals surface area contributed by atoms with Gasteiger partial charge in [0.25, 0.3) is 0 Å². The second-order valence-corrected chi connectivity index (χ2v) is 0. The normalized spacial score (nSPS) is 0. The Bertz CT molecular complexity index is 8.00. The Morgan fingerprint density at radius 3 is 1.00 bits per heavy atom. The first-order valence-electron chi connectivity index (χ1n) is 0. The van der Waals surface area contributed by atoms with Crippen LogP contribution in [0, 0.1) is 82.1 Å². The van der Waals surface area contributed by atoms with Crippen LogP contribution in [0.3, 0.4) is 0 Å². The monoisotopic (exact) mass is 350 g/mol. The van der Waals surface area contributed by atoms with Gasteiger partial charge in [0, 0.05) is 108 Å². The van der Waals surface area contributed by atoms with E-state index < -0.39 is 0 Å². The molecule has 0 aromatic rings. The van der Waals surface area contributed by atoms with Crippen molar-refractivity contribution in [1.29, 1.82) is 0 Å². The second kappa shape index (κ2) is 16.3. The molecule has 0 aliphatic rings. The van der Waals surface area contributed by atoms with Crippen LogP contribution >= 0.6 is 0 Å². The Morgan fingerprint density at radius 1 is 1.00 bits per heavy atom. The molecule has 0 nitrogen and oxygen atoms in total. The summed E-state index contributed by atoms with van der Waals surface area (Å²) in [6, 6.07) is 0. The van der Waals surface area contributed by atoms with E-state index in [1.165, 1.54) is 0 Å². The summed E-state index contributed by atoms with van der Waals surface area (Å²) in [6.07, 6.45) is 0. The zero-order valence-electron chi connectivity index (χ0n) is 2.01. The molecule has 0 rings (SSSR count). The number of hydrogen-bond donors (Lipinski definition) is 0. The van der Waals surface area contributed by atoms with E-state index in [1.807, 2.05) is 0 Å². The molecule has 4 heteroatoms. The molecule has 0 bridgehead atoms. The summed E-state index contributed by atoms with van der Waals surface area (Å²) >= 11 is 0. The van der Waals surface area contributed by atoms with Crippen molar-refractivity contribution in [2.45, 2.75) is 0 Å². The summed E-state index contributed by atoms with van der Waals surface area (Å²) in [4.78, 5) is 0. The maximum Gasteiger partial charge on any atom is 0 e. The van der Waals surface area contributed by atoms with E-state index in [0.29, 0.717) is 0 Å². The van der Waals surface area contributed by atoms with Crippen LogP contribution in [-0.4, -0.2) is 8.41 Å². The average Bonchev–Trinajstić information content (AvgIpc) is 0. The maximum absolute atomic E-state index is 0. The fraction of sp³-hybridized carbons (Fsp3) is 0. The number of rotatable bonds is 0. The molecule has 0 atom stereocenters. The third-order valence-electron chi connectivity index (χ3n) is 0. The molecular formula is BFeNdPr. The molecule has 0 saturated carbocycles. The van der Waals surface area contributed by atoms with Gasteiger partial charge in [-0.05, 0) is 0 Å². The molecular weight excluding hydrogens is 352 g/mol. The van der Waals surface area contributed by atoms with Gasteiger partial charge in [0.15, 0.2) is 0 Å². The van der Waals surface area contributed by atoms with Gasteiger partial charge in [0.05, 0.1) is 0 Å². The van der Waals surface area contributed by atoms with Gasteiger partial charge in [-0.2, -0.15) is 0 Å². The molecule has 0 fully saturated rings. The molecule has 0 N–H and O–H groups in total. The molecule has 0 unspecified atom stereocenters. The van der Waals surface area contributed by atoms with Gasteiger partial charge in [-0.3, -0.25) is 0 Å². The number of hydrogen-bond acceptors (Lipinski definition) is 0. The van der Waals surface area contributed by atoms with Crippen LogP contribution in [0.15, 0.2) is 0 Å². The first-order valence-corrected chi connectivity index (χ1v) is 0. The van der Waals surface area contributed by atoms with Gasteiger partial charge in [0.1, 0.15) is 0 Å². The summed E-state index contributed by atoms with van der Waals surface area (Å²) in [6.45, 7) is 0. The molecule has 0 spiro atoms. The maximum atomic E-state index is 0. The van der Waals surface area contributed by atoms with Crippen LogP contribution in [0.4, 0.5) is 0 Å². The quantitative estimate of drug-likeness (QED) is 0.522. The van der Waals surface area contributed by atoms with Gasteiger partial charge in [-0.1, -0.05) is 0 Å². The molecule has 0 saturated heterocycles. The van der Waals surface area contributed by atoms with Crippen molar-refractivity contribution in [2.75, 3.05) is 0 Å². The van der Waals surface area contributed by atoms with Crippen LogP contribution in [0.1, 0.15) is 0 Å². The van der Waals surface area contributed by atoms with Gasteiger partial charge in [-0.15, -0.1) is 0 Å². The Balaban J connectivity index is 0. The standard InChI is InChI=1S/B.Fe.Nd.Pr. The zero-order chi connectivity index (χ0) is 0. The van der Waals surface area contributed by atoms with E-state index >= 15 is 0 Å². The van der Waals surface area contributed by atoms with Gasteiger partial charge in [0.2, 0.25) is 0 Å². The van der Waals surface area contributed by atoms with E-state index in [4.69, 9.17) is 0 Å². The summed E-state index contributed by atoms with van der Waals surface area (Å²) < 4.78 is 0. The van der Waals surface area contributed by atoms with Crippen molar-refractivity contribution in [3.8, 4) is 0 Å². The van der Waals surface area contributed by atoms with E-state index in [1.54, 1.807) is 0 Å². The van der Waals surface area contributed by atoms with Crippen molar-refractivity contribution in [2.24, 2.45) is 0 Å². The third-order valence-corrected chi connectivity index (χ3v) is 0. The molecule has 0 heterocycles. The molecule has 4 radical (unpaired) electrons. The Labute approximate surface area is 105 Å². The minimum atomic E-state index is 0. The topological polar surface area (TPSA) is 0 Å². The molecule has 0 aliphatic carbocycles. The molecule has 0 amide bonds. The Hall–Kier alpha value is 3.30. The van der Waals surface area contributed by atoms with Crippen molar-refractivity contribution in [3.63, 3.8) is 0 Å². The Morgan fingerprint density at radius 2 is 1.00 bits per heavy atom. The van der Waals surface area contributed by atoms with Crippen LogP contribution in [0.2, 0.25) is 0 Å². The van der Waals surface area contributed by atoms with E-state index in [2.05, 4.69) is 0 Å². The van der Waals surface area contributed by atoms with E-state index in [0.717, 1.165) is 0 Å². The Kier molecular flexibility index (Phi) is 108. The molecule has 0 aliphatic heterocycles. The molecule has 4 heavy (non-hydrogen) atoms. The van der Waals surface area contributed by atoms with Crippen LogP contribution in [-0.2, 0) is 17.1 Å². The predicted molar refractivity (Wildman–Crippen MR) is 5.75 cm³/mol. The van der Waals surface area contributed by atoms with Crippen molar-refractivity contribution in [1.82, 2.24) is 0 Å². The van der Waals surface area contributed by atoms with Gasteiger partial charge < -0.3 is 0 Å². The second-order valence-electron chi connectivity index (χ2n) is 0. The smallest absolute Gasteiger partial charge is 0 e. The summed E-state index contributed by atoms with van der Waals surface area (Å²) in [5.74, 6) is 0. The van der Waals surface area contributed by atoms with E-state index in [-0.39, 0.29) is 108 Å². The van der Waals surface area contributed by atoms with Gasteiger partial charge >= 0.3 is 0 Å². The zero-order valence-corrected chi connectivity index (χ0v) is 10.0.